The Morgan fingerprint density at radius 3 is 2.65 bits per heavy atom. The van der Waals surface area contributed by atoms with Gasteiger partial charge in [-0.15, -0.1) is 0 Å². The lowest BCUT2D eigenvalue weighted by Crippen LogP contribution is -2.37. The second-order valence-electron chi connectivity index (χ2n) is 4.82. The van der Waals surface area contributed by atoms with Crippen LogP contribution in [0.5, 0.6) is 0 Å². The van der Waals surface area contributed by atoms with Gasteiger partial charge in [-0.25, -0.2) is 0 Å². The molecule has 1 atom stereocenters. The molecule has 2 rings (SSSR count). The number of piperidine rings is 1. The Morgan fingerprint density at radius 1 is 1.30 bits per heavy atom. The van der Waals surface area contributed by atoms with Crippen molar-refractivity contribution in [3.05, 3.63) is 38.4 Å². The number of aliphatic hydroxyl groups excluding tert-OH is 1. The second-order valence-corrected chi connectivity index (χ2v) is 4.82. The number of aliphatic hydroxyl groups is 1. The van der Waals surface area contributed by atoms with Crippen molar-refractivity contribution in [2.75, 3.05) is 24.6 Å². The molecule has 1 aromatic carbocycles. The van der Waals surface area contributed by atoms with Crippen molar-refractivity contribution in [3.63, 3.8) is 0 Å². The van der Waals surface area contributed by atoms with Crippen molar-refractivity contribution < 1.29 is 15.0 Å². The zero-order chi connectivity index (χ0) is 14.7. The average molecular weight is 281 g/mol. The quantitative estimate of drug-likeness (QED) is 0.664. The van der Waals surface area contributed by atoms with Crippen LogP contribution in [0.25, 0.3) is 0 Å². The summed E-state index contributed by atoms with van der Waals surface area (Å²) in [5.41, 5.74) is -0.187. The van der Waals surface area contributed by atoms with Gasteiger partial charge >= 0.3 is 0 Å². The molecule has 108 valence electrons. The fourth-order valence-electron chi connectivity index (χ4n) is 2.47. The van der Waals surface area contributed by atoms with Crippen molar-refractivity contribution in [3.8, 4) is 0 Å². The monoisotopic (exact) mass is 281 g/mol. The minimum atomic E-state index is -0.649. The number of benzene rings is 1. The molecule has 0 bridgehead atoms. The summed E-state index contributed by atoms with van der Waals surface area (Å²) in [5.74, 6) is 0.0820. The van der Waals surface area contributed by atoms with E-state index in [4.69, 9.17) is 0 Å². The Kier molecular flexibility index (Phi) is 4.14. The highest BCUT2D eigenvalue weighted by molar-refractivity contribution is 5.67. The van der Waals surface area contributed by atoms with Crippen LogP contribution in [-0.2, 0) is 0 Å². The molecular formula is C12H15N3O5. The van der Waals surface area contributed by atoms with Crippen LogP contribution in [0.15, 0.2) is 18.2 Å². The maximum Gasteiger partial charge on any atom is 0.299 e. The molecule has 1 aliphatic rings. The van der Waals surface area contributed by atoms with Crippen LogP contribution in [0, 0.1) is 26.1 Å². The first-order valence-corrected chi connectivity index (χ1v) is 6.31. The van der Waals surface area contributed by atoms with Gasteiger partial charge in [0, 0.05) is 25.8 Å². The topological polar surface area (TPSA) is 110 Å². The molecule has 0 aromatic heterocycles. The average Bonchev–Trinajstić information content (AvgIpc) is 2.46. The van der Waals surface area contributed by atoms with Gasteiger partial charge in [-0.05, 0) is 24.8 Å². The van der Waals surface area contributed by atoms with Crippen LogP contribution in [0.1, 0.15) is 12.8 Å². The number of rotatable bonds is 4. The molecule has 1 N–H and O–H groups in total. The summed E-state index contributed by atoms with van der Waals surface area (Å²) >= 11 is 0. The number of anilines is 1. The van der Waals surface area contributed by atoms with E-state index in [0.717, 1.165) is 18.9 Å². The summed E-state index contributed by atoms with van der Waals surface area (Å²) in [5, 5.41) is 31.0. The summed E-state index contributed by atoms with van der Waals surface area (Å²) in [4.78, 5) is 22.4. The van der Waals surface area contributed by atoms with Gasteiger partial charge < -0.3 is 10.0 Å². The third kappa shape index (κ3) is 2.85. The van der Waals surface area contributed by atoms with E-state index in [0.29, 0.717) is 18.8 Å². The zero-order valence-corrected chi connectivity index (χ0v) is 10.8. The van der Waals surface area contributed by atoms with E-state index in [1.54, 1.807) is 0 Å². The third-order valence-corrected chi connectivity index (χ3v) is 3.48. The predicted molar refractivity (Wildman–Crippen MR) is 71.8 cm³/mol. The van der Waals surface area contributed by atoms with Gasteiger partial charge in [0.1, 0.15) is 5.69 Å². The van der Waals surface area contributed by atoms with E-state index in [-0.39, 0.29) is 23.9 Å². The van der Waals surface area contributed by atoms with Crippen LogP contribution in [0.2, 0.25) is 0 Å². The Hall–Kier alpha value is -2.22. The number of nitrogens with zero attached hydrogens (tertiary/aromatic N) is 3. The fourth-order valence-corrected chi connectivity index (χ4v) is 2.47. The van der Waals surface area contributed by atoms with Crippen LogP contribution in [-0.4, -0.2) is 34.6 Å². The smallest absolute Gasteiger partial charge is 0.299 e. The normalized spacial score (nSPS) is 18.9. The molecule has 1 fully saturated rings. The van der Waals surface area contributed by atoms with Crippen LogP contribution in [0.3, 0.4) is 0 Å². The molecule has 8 nitrogen and oxygen atoms in total. The van der Waals surface area contributed by atoms with Gasteiger partial charge in [-0.3, -0.25) is 20.2 Å². The minimum absolute atomic E-state index is 0.0390. The van der Waals surface area contributed by atoms with E-state index >= 15 is 0 Å². The zero-order valence-electron chi connectivity index (χ0n) is 10.8. The molecule has 1 aromatic rings. The standard InChI is InChI=1S/C12H15N3O5/c16-8-9-2-1-5-13(7-9)11-4-3-10(14(17)18)6-12(11)15(19)20/h3-4,6,9,16H,1-2,5,7-8H2/t9-/m1/s1. The number of hydrogen-bond acceptors (Lipinski definition) is 6. The molecule has 0 amide bonds. The van der Waals surface area contributed by atoms with Crippen molar-refractivity contribution >= 4 is 17.1 Å². The molecule has 8 heteroatoms. The SMILES string of the molecule is O=[N+]([O-])c1ccc(N2CCC[C@@H](CO)C2)c([N+](=O)[O-])c1. The maximum absolute atomic E-state index is 11.1. The van der Waals surface area contributed by atoms with E-state index in [9.17, 15) is 25.3 Å². The summed E-state index contributed by atoms with van der Waals surface area (Å²) in [6, 6.07) is 3.67. The molecule has 1 aliphatic heterocycles. The van der Waals surface area contributed by atoms with Crippen LogP contribution >= 0.6 is 0 Å². The Balaban J connectivity index is 2.35. The number of nitro groups is 2. The van der Waals surface area contributed by atoms with Gasteiger partial charge in [0.15, 0.2) is 0 Å². The molecule has 0 aliphatic carbocycles. The van der Waals surface area contributed by atoms with Crippen LogP contribution in [0.4, 0.5) is 17.1 Å². The largest absolute Gasteiger partial charge is 0.396 e. The van der Waals surface area contributed by atoms with E-state index < -0.39 is 9.85 Å². The lowest BCUT2D eigenvalue weighted by atomic mass is 9.98. The molecule has 20 heavy (non-hydrogen) atoms. The Bertz CT molecular complexity index is 534. The summed E-state index contributed by atoms with van der Waals surface area (Å²) < 4.78 is 0. The lowest BCUT2D eigenvalue weighted by Gasteiger charge is -2.33. The molecule has 0 spiro atoms. The van der Waals surface area contributed by atoms with Gasteiger partial charge in [0.2, 0.25) is 0 Å². The summed E-state index contributed by atoms with van der Waals surface area (Å²) in [6.07, 6.45) is 1.72. The van der Waals surface area contributed by atoms with Crippen molar-refractivity contribution in [2.24, 2.45) is 5.92 Å². The first kappa shape index (κ1) is 14.2. The molecule has 0 saturated carbocycles. The molecular weight excluding hydrogens is 266 g/mol. The summed E-state index contributed by atoms with van der Waals surface area (Å²) in [6.45, 7) is 1.21. The highest BCUT2D eigenvalue weighted by Gasteiger charge is 2.27. The predicted octanol–water partition coefficient (Wildman–Crippen LogP) is 1.71. The first-order valence-electron chi connectivity index (χ1n) is 6.31. The highest BCUT2D eigenvalue weighted by Crippen LogP contribution is 2.34. The highest BCUT2D eigenvalue weighted by atomic mass is 16.6. The van der Waals surface area contributed by atoms with Crippen molar-refractivity contribution in [2.45, 2.75) is 12.8 Å². The number of non-ortho nitro benzene ring substituents is 1. The number of nitro benzene ring substituents is 2. The van der Waals surface area contributed by atoms with E-state index in [2.05, 4.69) is 0 Å². The molecule has 1 heterocycles. The van der Waals surface area contributed by atoms with Gasteiger partial charge in [-0.1, -0.05) is 0 Å². The van der Waals surface area contributed by atoms with E-state index in [1.165, 1.54) is 12.1 Å². The molecule has 1 saturated heterocycles. The molecule has 0 unspecified atom stereocenters. The fraction of sp³-hybridized carbons (Fsp3) is 0.500. The Labute approximate surface area is 114 Å². The van der Waals surface area contributed by atoms with E-state index in [1.807, 2.05) is 4.90 Å². The maximum atomic E-state index is 11.1. The van der Waals surface area contributed by atoms with Crippen molar-refractivity contribution in [1.82, 2.24) is 0 Å². The minimum Gasteiger partial charge on any atom is -0.396 e. The third-order valence-electron chi connectivity index (χ3n) is 3.48. The van der Waals surface area contributed by atoms with Gasteiger partial charge in [0.05, 0.1) is 15.9 Å². The van der Waals surface area contributed by atoms with Gasteiger partial charge in [-0.2, -0.15) is 0 Å². The van der Waals surface area contributed by atoms with Crippen molar-refractivity contribution in [1.29, 1.82) is 0 Å². The van der Waals surface area contributed by atoms with Gasteiger partial charge in [0.25, 0.3) is 11.4 Å². The number of hydrogen-bond donors (Lipinski definition) is 1. The lowest BCUT2D eigenvalue weighted by molar-refractivity contribution is -0.393. The molecule has 0 radical (unpaired) electrons. The second kappa shape index (κ2) is 5.83. The Morgan fingerprint density at radius 2 is 2.05 bits per heavy atom. The van der Waals surface area contributed by atoms with Crippen LogP contribution < -0.4 is 4.90 Å². The summed E-state index contributed by atoms with van der Waals surface area (Å²) in [7, 11) is 0. The first-order chi connectivity index (χ1) is 9.52.